The molecule has 0 radical (unpaired) electrons. The normalized spacial score (nSPS) is 35.4. The van der Waals surface area contributed by atoms with Crippen molar-refractivity contribution in [3.8, 4) is 11.5 Å². The van der Waals surface area contributed by atoms with Gasteiger partial charge in [-0.2, -0.15) is 4.80 Å². The molecule has 4 aliphatic carbocycles. The minimum atomic E-state index is -0.189. The number of benzene rings is 1. The van der Waals surface area contributed by atoms with E-state index < -0.39 is 0 Å². The average molecular weight is 367 g/mol. The molecule has 2 heterocycles. The largest absolute Gasteiger partial charge is 0.454 e. The third-order valence-electron chi connectivity index (χ3n) is 6.82. The van der Waals surface area contributed by atoms with Crippen LogP contribution in [-0.4, -0.2) is 38.4 Å². The molecule has 4 saturated carbocycles. The number of hydrogen-bond donors (Lipinski definition) is 1. The maximum absolute atomic E-state index is 13.1. The lowest BCUT2D eigenvalue weighted by Gasteiger charge is -2.61. The van der Waals surface area contributed by atoms with Crippen molar-refractivity contribution in [2.45, 2.75) is 49.6 Å². The predicted molar refractivity (Wildman–Crippen MR) is 93.2 cm³/mol. The zero-order valence-corrected chi connectivity index (χ0v) is 14.9. The van der Waals surface area contributed by atoms with E-state index in [-0.39, 0.29) is 23.8 Å². The third kappa shape index (κ3) is 2.28. The standard InChI is InChI=1S/C19H21N5O3/c25-17(14-1-2-15-16(4-14)27-11-26-15)22-18-5-12-3-13(6-18)8-19(7-12,9-18)24-21-10-20-23-24/h1-2,4,10,12-13H,3,5-9,11H2,(H,22,25). The summed E-state index contributed by atoms with van der Waals surface area (Å²) in [5, 5.41) is 15.9. The smallest absolute Gasteiger partial charge is 0.251 e. The SMILES string of the molecule is O=C(NC12CC3CC(C1)CC(n1ncnn1)(C3)C2)c1ccc2c(c1)OCO2. The van der Waals surface area contributed by atoms with Crippen molar-refractivity contribution < 1.29 is 14.3 Å². The summed E-state index contributed by atoms with van der Waals surface area (Å²) in [7, 11) is 0. The van der Waals surface area contributed by atoms with E-state index in [1.807, 2.05) is 4.80 Å². The summed E-state index contributed by atoms with van der Waals surface area (Å²) in [5.74, 6) is 2.49. The van der Waals surface area contributed by atoms with E-state index in [0.29, 0.717) is 28.9 Å². The Balaban J connectivity index is 1.30. The van der Waals surface area contributed by atoms with E-state index >= 15 is 0 Å². The fraction of sp³-hybridized carbons (Fsp3) is 0.579. The Kier molecular flexibility index (Phi) is 2.97. The first kappa shape index (κ1) is 15.4. The molecule has 7 rings (SSSR count). The minimum absolute atomic E-state index is 0.0445. The number of ether oxygens (including phenoxy) is 2. The highest BCUT2D eigenvalue weighted by molar-refractivity contribution is 5.95. The molecule has 27 heavy (non-hydrogen) atoms. The monoisotopic (exact) mass is 367 g/mol. The molecule has 0 saturated heterocycles. The van der Waals surface area contributed by atoms with E-state index in [9.17, 15) is 4.79 Å². The molecular weight excluding hydrogens is 346 g/mol. The van der Waals surface area contributed by atoms with E-state index in [1.165, 1.54) is 12.7 Å². The molecule has 1 aromatic heterocycles. The molecule has 2 aromatic rings. The van der Waals surface area contributed by atoms with E-state index in [0.717, 1.165) is 32.1 Å². The summed E-state index contributed by atoms with van der Waals surface area (Å²) in [5.41, 5.74) is 0.316. The number of rotatable bonds is 3. The topological polar surface area (TPSA) is 91.2 Å². The second-order valence-electron chi connectivity index (χ2n) is 8.71. The molecule has 1 amide bonds. The second-order valence-corrected chi connectivity index (χ2v) is 8.71. The molecule has 8 heteroatoms. The summed E-state index contributed by atoms with van der Waals surface area (Å²) < 4.78 is 10.8. The van der Waals surface area contributed by atoms with Gasteiger partial charge in [0.15, 0.2) is 17.8 Å². The van der Waals surface area contributed by atoms with Crippen LogP contribution in [-0.2, 0) is 5.54 Å². The van der Waals surface area contributed by atoms with Crippen molar-refractivity contribution in [3.63, 3.8) is 0 Å². The van der Waals surface area contributed by atoms with E-state index in [1.54, 1.807) is 18.2 Å². The quantitative estimate of drug-likeness (QED) is 0.891. The summed E-state index contributed by atoms with van der Waals surface area (Å²) in [4.78, 5) is 14.9. The fourth-order valence-electron chi connectivity index (χ4n) is 6.33. The van der Waals surface area contributed by atoms with Gasteiger partial charge in [0.25, 0.3) is 5.91 Å². The highest BCUT2D eigenvalue weighted by Gasteiger charge is 2.60. The van der Waals surface area contributed by atoms with Crippen LogP contribution in [0.15, 0.2) is 24.5 Å². The van der Waals surface area contributed by atoms with Crippen molar-refractivity contribution in [3.05, 3.63) is 30.1 Å². The molecule has 4 fully saturated rings. The van der Waals surface area contributed by atoms with Gasteiger partial charge in [-0.3, -0.25) is 4.79 Å². The van der Waals surface area contributed by atoms with Crippen LogP contribution in [0.4, 0.5) is 0 Å². The molecule has 4 bridgehead atoms. The van der Waals surface area contributed by atoms with Gasteiger partial charge in [0.2, 0.25) is 6.79 Å². The number of carbonyl (C=O) groups excluding carboxylic acids is 1. The molecule has 1 aliphatic heterocycles. The maximum Gasteiger partial charge on any atom is 0.251 e. The summed E-state index contributed by atoms with van der Waals surface area (Å²) in [6.07, 6.45) is 7.88. The van der Waals surface area contributed by atoms with Gasteiger partial charge in [0, 0.05) is 11.1 Å². The summed E-state index contributed by atoms with van der Waals surface area (Å²) in [6, 6.07) is 5.38. The van der Waals surface area contributed by atoms with Gasteiger partial charge in [0.05, 0.1) is 5.54 Å². The Morgan fingerprint density at radius 1 is 1.15 bits per heavy atom. The Labute approximate surface area is 156 Å². The molecular formula is C19H21N5O3. The van der Waals surface area contributed by atoms with Crippen LogP contribution in [0.5, 0.6) is 11.5 Å². The highest BCUT2D eigenvalue weighted by atomic mass is 16.7. The van der Waals surface area contributed by atoms with Gasteiger partial charge in [-0.1, -0.05) is 0 Å². The lowest BCUT2D eigenvalue weighted by molar-refractivity contribution is -0.0810. The zero-order valence-electron chi connectivity index (χ0n) is 14.9. The number of aromatic nitrogens is 4. The molecule has 1 aromatic carbocycles. The third-order valence-corrected chi connectivity index (χ3v) is 6.82. The minimum Gasteiger partial charge on any atom is -0.454 e. The first-order valence-electron chi connectivity index (χ1n) is 9.59. The number of amides is 1. The Morgan fingerprint density at radius 2 is 1.96 bits per heavy atom. The number of carbonyl (C=O) groups is 1. The van der Waals surface area contributed by atoms with Crippen molar-refractivity contribution in [2.75, 3.05) is 6.79 Å². The molecule has 0 spiro atoms. The maximum atomic E-state index is 13.1. The van der Waals surface area contributed by atoms with Crippen LogP contribution >= 0.6 is 0 Å². The number of fused-ring (bicyclic) bond motifs is 1. The lowest BCUT2D eigenvalue weighted by Crippen LogP contribution is -2.66. The van der Waals surface area contributed by atoms with Gasteiger partial charge in [-0.25, -0.2) is 0 Å². The van der Waals surface area contributed by atoms with Crippen LogP contribution in [0.25, 0.3) is 0 Å². The van der Waals surface area contributed by atoms with Gasteiger partial charge < -0.3 is 14.8 Å². The van der Waals surface area contributed by atoms with Crippen LogP contribution in [0.2, 0.25) is 0 Å². The Morgan fingerprint density at radius 3 is 2.74 bits per heavy atom. The second kappa shape index (κ2) is 5.21. The fourth-order valence-corrected chi connectivity index (χ4v) is 6.33. The number of hydrogen-bond acceptors (Lipinski definition) is 6. The van der Waals surface area contributed by atoms with E-state index in [2.05, 4.69) is 20.7 Å². The van der Waals surface area contributed by atoms with Gasteiger partial charge in [0.1, 0.15) is 0 Å². The highest BCUT2D eigenvalue weighted by Crippen LogP contribution is 2.60. The molecule has 2 atom stereocenters. The van der Waals surface area contributed by atoms with Crippen LogP contribution in [0.1, 0.15) is 48.9 Å². The van der Waals surface area contributed by atoms with Gasteiger partial charge >= 0.3 is 0 Å². The lowest BCUT2D eigenvalue weighted by atomic mass is 9.50. The number of nitrogens with one attached hydrogen (secondary N) is 1. The summed E-state index contributed by atoms with van der Waals surface area (Å²) in [6.45, 7) is 0.209. The molecule has 140 valence electrons. The van der Waals surface area contributed by atoms with Crippen molar-refractivity contribution in [1.82, 2.24) is 25.5 Å². The van der Waals surface area contributed by atoms with Crippen LogP contribution in [0, 0.1) is 11.8 Å². The number of nitrogens with zero attached hydrogens (tertiary/aromatic N) is 4. The number of tetrazole rings is 1. The van der Waals surface area contributed by atoms with Gasteiger partial charge in [-0.05, 0) is 73.8 Å². The Bertz CT molecular complexity index is 898. The first-order valence-corrected chi connectivity index (χ1v) is 9.59. The zero-order chi connectivity index (χ0) is 18.1. The molecule has 5 aliphatic rings. The molecule has 8 nitrogen and oxygen atoms in total. The van der Waals surface area contributed by atoms with Crippen molar-refractivity contribution in [2.24, 2.45) is 11.8 Å². The Hall–Kier alpha value is -2.64. The van der Waals surface area contributed by atoms with Gasteiger partial charge in [-0.15, -0.1) is 10.2 Å². The average Bonchev–Trinajstić information content (AvgIpc) is 3.31. The van der Waals surface area contributed by atoms with Crippen molar-refractivity contribution >= 4 is 5.91 Å². The van der Waals surface area contributed by atoms with Crippen LogP contribution < -0.4 is 14.8 Å². The first-order chi connectivity index (χ1) is 13.1. The molecule has 2 unspecified atom stereocenters. The van der Waals surface area contributed by atoms with Crippen molar-refractivity contribution in [1.29, 1.82) is 0 Å². The van der Waals surface area contributed by atoms with Crippen LogP contribution in [0.3, 0.4) is 0 Å². The van der Waals surface area contributed by atoms with E-state index in [4.69, 9.17) is 9.47 Å². The summed E-state index contributed by atoms with van der Waals surface area (Å²) >= 11 is 0. The molecule has 1 N–H and O–H groups in total. The predicted octanol–water partition coefficient (Wildman–Crippen LogP) is 1.88.